The number of carbonyl (C=O) groups is 1. The molecule has 0 aromatic heterocycles. The van der Waals surface area contributed by atoms with Crippen LogP contribution in [0.3, 0.4) is 0 Å². The van der Waals surface area contributed by atoms with Gasteiger partial charge in [0.15, 0.2) is 0 Å². The highest BCUT2D eigenvalue weighted by Gasteiger charge is 2.08. The molecule has 0 heterocycles. The predicted octanol–water partition coefficient (Wildman–Crippen LogP) is 1.35. The molecule has 88 valence electrons. The summed E-state index contributed by atoms with van der Waals surface area (Å²) in [5.74, 6) is -0.224. The Balaban J connectivity index is 2.65. The summed E-state index contributed by atoms with van der Waals surface area (Å²) in [5, 5.41) is 4.56. The Labute approximate surface area is 99.1 Å². The van der Waals surface area contributed by atoms with E-state index in [0.29, 0.717) is 16.4 Å². The fraction of sp³-hybridized carbons (Fsp3) is 0.300. The molecule has 0 aliphatic heterocycles. The molecular weight excluding hydrogens is 230 g/mol. The summed E-state index contributed by atoms with van der Waals surface area (Å²) in [6.45, 7) is 0.114. The SMILES string of the molecule is CON(C)CC(=O)Nc1cc(Cl)ccc1N. The van der Waals surface area contributed by atoms with E-state index in [1.807, 2.05) is 0 Å². The lowest BCUT2D eigenvalue weighted by molar-refractivity contribution is -0.137. The van der Waals surface area contributed by atoms with Gasteiger partial charge in [0.1, 0.15) is 6.54 Å². The second kappa shape index (κ2) is 5.69. The number of hydrogen-bond donors (Lipinski definition) is 2. The lowest BCUT2D eigenvalue weighted by Crippen LogP contribution is -2.29. The number of hydroxylamine groups is 2. The third-order valence-corrected chi connectivity index (χ3v) is 2.20. The van der Waals surface area contributed by atoms with Crippen LogP contribution in [0.1, 0.15) is 0 Å². The highest BCUT2D eigenvalue weighted by atomic mass is 35.5. The van der Waals surface area contributed by atoms with Crippen LogP contribution in [0, 0.1) is 0 Å². The average Bonchev–Trinajstić information content (AvgIpc) is 2.23. The number of amides is 1. The van der Waals surface area contributed by atoms with Crippen LogP contribution >= 0.6 is 11.6 Å². The van der Waals surface area contributed by atoms with Gasteiger partial charge in [0.05, 0.1) is 18.5 Å². The number of nitrogen functional groups attached to an aromatic ring is 1. The van der Waals surface area contributed by atoms with Gasteiger partial charge in [0.2, 0.25) is 5.91 Å². The summed E-state index contributed by atoms with van der Waals surface area (Å²) < 4.78 is 0. The third-order valence-electron chi connectivity index (χ3n) is 1.97. The van der Waals surface area contributed by atoms with Gasteiger partial charge in [-0.3, -0.25) is 4.79 Å². The van der Waals surface area contributed by atoms with E-state index in [9.17, 15) is 4.79 Å². The quantitative estimate of drug-likeness (QED) is 0.619. The molecule has 3 N–H and O–H groups in total. The molecule has 1 rings (SSSR count). The minimum Gasteiger partial charge on any atom is -0.397 e. The Morgan fingerprint density at radius 2 is 2.31 bits per heavy atom. The predicted molar refractivity (Wildman–Crippen MR) is 64.1 cm³/mol. The summed E-state index contributed by atoms with van der Waals surface area (Å²) in [6, 6.07) is 4.90. The zero-order valence-electron chi connectivity index (χ0n) is 9.16. The molecular formula is C10H14ClN3O2. The van der Waals surface area contributed by atoms with E-state index < -0.39 is 0 Å². The molecule has 1 amide bonds. The smallest absolute Gasteiger partial charge is 0.241 e. The van der Waals surface area contributed by atoms with Gasteiger partial charge in [0, 0.05) is 12.1 Å². The van der Waals surface area contributed by atoms with Crippen molar-refractivity contribution in [1.82, 2.24) is 5.06 Å². The van der Waals surface area contributed by atoms with Crippen molar-refractivity contribution < 1.29 is 9.63 Å². The number of rotatable bonds is 4. The van der Waals surface area contributed by atoms with Gasteiger partial charge < -0.3 is 15.9 Å². The van der Waals surface area contributed by atoms with Crippen LogP contribution in [0.5, 0.6) is 0 Å². The van der Waals surface area contributed by atoms with Crippen molar-refractivity contribution in [3.8, 4) is 0 Å². The summed E-state index contributed by atoms with van der Waals surface area (Å²) in [7, 11) is 3.14. The van der Waals surface area contributed by atoms with Crippen molar-refractivity contribution in [1.29, 1.82) is 0 Å². The minimum absolute atomic E-state index is 0.114. The van der Waals surface area contributed by atoms with Gasteiger partial charge in [-0.25, -0.2) is 0 Å². The van der Waals surface area contributed by atoms with Crippen LogP contribution in [-0.2, 0) is 9.63 Å². The standard InChI is InChI=1S/C10H14ClN3O2/c1-14(16-2)6-10(15)13-9-5-7(11)3-4-8(9)12/h3-5H,6,12H2,1-2H3,(H,13,15). The fourth-order valence-electron chi connectivity index (χ4n) is 1.09. The summed E-state index contributed by atoms with van der Waals surface area (Å²) in [5.41, 5.74) is 6.65. The lowest BCUT2D eigenvalue weighted by Gasteiger charge is -2.14. The molecule has 0 spiro atoms. The van der Waals surface area contributed by atoms with E-state index in [-0.39, 0.29) is 12.5 Å². The van der Waals surface area contributed by atoms with Crippen molar-refractivity contribution in [2.75, 3.05) is 31.8 Å². The van der Waals surface area contributed by atoms with Crippen LogP contribution in [0.2, 0.25) is 5.02 Å². The molecule has 0 aliphatic rings. The first-order chi connectivity index (χ1) is 7.52. The number of anilines is 2. The molecule has 0 unspecified atom stereocenters. The molecule has 0 radical (unpaired) electrons. The number of benzene rings is 1. The minimum atomic E-state index is -0.224. The first-order valence-corrected chi connectivity index (χ1v) is 5.01. The Morgan fingerprint density at radius 1 is 1.62 bits per heavy atom. The molecule has 1 aromatic rings. The molecule has 0 bridgehead atoms. The molecule has 16 heavy (non-hydrogen) atoms. The van der Waals surface area contributed by atoms with Crippen molar-refractivity contribution >= 4 is 28.9 Å². The van der Waals surface area contributed by atoms with E-state index >= 15 is 0 Å². The van der Waals surface area contributed by atoms with Crippen molar-refractivity contribution in [2.45, 2.75) is 0 Å². The molecule has 0 aliphatic carbocycles. The van der Waals surface area contributed by atoms with E-state index in [2.05, 4.69) is 5.32 Å². The molecule has 0 saturated heterocycles. The van der Waals surface area contributed by atoms with Gasteiger partial charge in [-0.05, 0) is 18.2 Å². The third kappa shape index (κ3) is 3.69. The van der Waals surface area contributed by atoms with Crippen LogP contribution in [-0.4, -0.2) is 31.7 Å². The van der Waals surface area contributed by atoms with E-state index in [0.717, 1.165) is 0 Å². The lowest BCUT2D eigenvalue weighted by atomic mass is 10.2. The highest BCUT2D eigenvalue weighted by Crippen LogP contribution is 2.22. The number of likely N-dealkylation sites (N-methyl/N-ethyl adjacent to an activating group) is 1. The van der Waals surface area contributed by atoms with Gasteiger partial charge in [-0.2, -0.15) is 5.06 Å². The number of nitrogens with two attached hydrogens (primary N) is 1. The van der Waals surface area contributed by atoms with Crippen LogP contribution in [0.15, 0.2) is 18.2 Å². The molecule has 6 heteroatoms. The van der Waals surface area contributed by atoms with Gasteiger partial charge >= 0.3 is 0 Å². The molecule has 0 atom stereocenters. The first-order valence-electron chi connectivity index (χ1n) is 4.63. The largest absolute Gasteiger partial charge is 0.397 e. The maximum atomic E-state index is 11.5. The van der Waals surface area contributed by atoms with Gasteiger partial charge in [0.25, 0.3) is 0 Å². The normalized spacial score (nSPS) is 10.5. The fourth-order valence-corrected chi connectivity index (χ4v) is 1.27. The number of carbonyl (C=O) groups excluding carboxylic acids is 1. The number of nitrogens with zero attached hydrogens (tertiary/aromatic N) is 1. The molecule has 5 nitrogen and oxygen atoms in total. The van der Waals surface area contributed by atoms with Crippen LogP contribution < -0.4 is 11.1 Å². The second-order valence-corrected chi connectivity index (χ2v) is 3.68. The van der Waals surface area contributed by atoms with E-state index in [1.54, 1.807) is 25.2 Å². The van der Waals surface area contributed by atoms with E-state index in [4.69, 9.17) is 22.2 Å². The molecule has 1 aromatic carbocycles. The van der Waals surface area contributed by atoms with Crippen molar-refractivity contribution in [3.63, 3.8) is 0 Å². The number of nitrogens with one attached hydrogen (secondary N) is 1. The first kappa shape index (κ1) is 12.8. The number of halogens is 1. The molecule has 0 fully saturated rings. The van der Waals surface area contributed by atoms with Crippen molar-refractivity contribution in [3.05, 3.63) is 23.2 Å². The maximum Gasteiger partial charge on any atom is 0.241 e. The summed E-state index contributed by atoms with van der Waals surface area (Å²) in [4.78, 5) is 16.3. The maximum absolute atomic E-state index is 11.5. The monoisotopic (exact) mass is 243 g/mol. The Kier molecular flexibility index (Phi) is 4.54. The number of hydrogen-bond acceptors (Lipinski definition) is 4. The second-order valence-electron chi connectivity index (χ2n) is 3.25. The highest BCUT2D eigenvalue weighted by molar-refractivity contribution is 6.31. The summed E-state index contributed by atoms with van der Waals surface area (Å²) >= 11 is 5.79. The zero-order valence-corrected chi connectivity index (χ0v) is 9.91. The Hall–Kier alpha value is -1.30. The van der Waals surface area contributed by atoms with Crippen LogP contribution in [0.25, 0.3) is 0 Å². The van der Waals surface area contributed by atoms with Crippen molar-refractivity contribution in [2.24, 2.45) is 0 Å². The Bertz CT molecular complexity index is 384. The van der Waals surface area contributed by atoms with Gasteiger partial charge in [-0.1, -0.05) is 11.6 Å². The average molecular weight is 244 g/mol. The Morgan fingerprint density at radius 3 is 2.94 bits per heavy atom. The zero-order chi connectivity index (χ0) is 12.1. The van der Waals surface area contributed by atoms with E-state index in [1.165, 1.54) is 12.2 Å². The van der Waals surface area contributed by atoms with Crippen LogP contribution in [0.4, 0.5) is 11.4 Å². The van der Waals surface area contributed by atoms with Gasteiger partial charge in [-0.15, -0.1) is 0 Å². The summed E-state index contributed by atoms with van der Waals surface area (Å²) in [6.07, 6.45) is 0. The topological polar surface area (TPSA) is 67.6 Å². The molecule has 0 saturated carbocycles.